The average Bonchev–Trinajstić information content (AvgIpc) is 3.14. The van der Waals surface area contributed by atoms with Crippen molar-refractivity contribution < 1.29 is 19.1 Å². The fraction of sp³-hybridized carbons (Fsp3) is 0.615. The molecule has 0 radical (unpaired) electrons. The van der Waals surface area contributed by atoms with Crippen LogP contribution < -0.4 is 0 Å². The van der Waals surface area contributed by atoms with Gasteiger partial charge in [-0.05, 0) is 35.8 Å². The van der Waals surface area contributed by atoms with Crippen LogP contribution in [0.1, 0.15) is 68.1 Å². The molecule has 2 rings (SSSR count). The first-order chi connectivity index (χ1) is 15.6. The van der Waals surface area contributed by atoms with Crippen molar-refractivity contribution in [3.05, 3.63) is 53.3 Å². The van der Waals surface area contributed by atoms with Gasteiger partial charge >= 0.3 is 0 Å². The molecular weight excluding hydrogens is 460 g/mol. The Kier molecular flexibility index (Phi) is 9.63. The van der Waals surface area contributed by atoms with Crippen LogP contribution in [0.3, 0.4) is 0 Å². The van der Waals surface area contributed by atoms with Crippen LogP contribution in [0.15, 0.2) is 36.4 Å². The molecule has 2 aromatic rings. The molecule has 6 nitrogen and oxygen atoms in total. The predicted octanol–water partition coefficient (Wildman–Crippen LogP) is 6.58. The second kappa shape index (κ2) is 11.4. The number of aromatic nitrogens is 2. The maximum atomic E-state index is 12.4. The number of hydrogen-bond acceptors (Lipinski definition) is 5. The van der Waals surface area contributed by atoms with Crippen molar-refractivity contribution in [1.82, 2.24) is 9.78 Å². The molecule has 1 heterocycles. The number of hydrogen-bond donors (Lipinski definition) is 1. The minimum atomic E-state index is -2.18. The van der Waals surface area contributed by atoms with Crippen molar-refractivity contribution in [2.24, 2.45) is 0 Å². The lowest BCUT2D eigenvalue weighted by Crippen LogP contribution is -2.42. The van der Waals surface area contributed by atoms with Crippen LogP contribution in [-0.4, -0.2) is 43.7 Å². The summed E-state index contributed by atoms with van der Waals surface area (Å²) in [6.45, 7) is 20.3. The number of rotatable bonds is 12. The first-order valence-electron chi connectivity index (χ1n) is 12.2. The zero-order valence-corrected chi connectivity index (χ0v) is 24.5. The number of aliphatic hydroxyl groups excluding tert-OH is 1. The van der Waals surface area contributed by atoms with Gasteiger partial charge in [0.25, 0.3) is 0 Å². The van der Waals surface area contributed by atoms with E-state index in [1.807, 2.05) is 30.3 Å². The van der Waals surface area contributed by atoms with E-state index < -0.39 is 28.6 Å². The highest BCUT2D eigenvalue weighted by Crippen LogP contribution is 2.41. The van der Waals surface area contributed by atoms with Gasteiger partial charge in [0.1, 0.15) is 12.4 Å². The zero-order valence-electron chi connectivity index (χ0n) is 22.5. The van der Waals surface area contributed by atoms with Gasteiger partial charge in [-0.15, -0.1) is 0 Å². The average molecular weight is 505 g/mol. The molecule has 0 amide bonds. The Morgan fingerprint density at radius 1 is 1.12 bits per heavy atom. The molecule has 2 unspecified atom stereocenters. The maximum Gasteiger partial charge on any atom is 0.192 e. The van der Waals surface area contributed by atoms with E-state index in [0.717, 1.165) is 11.6 Å². The molecule has 2 atom stereocenters. The highest BCUT2D eigenvalue weighted by atomic mass is 28.4. The first-order valence-corrected chi connectivity index (χ1v) is 18.8. The predicted molar refractivity (Wildman–Crippen MR) is 143 cm³/mol. The van der Waals surface area contributed by atoms with Crippen molar-refractivity contribution in [3.63, 3.8) is 0 Å². The zero-order chi connectivity index (χ0) is 25.7. The molecule has 8 heteroatoms. The fourth-order valence-corrected chi connectivity index (χ4v) is 5.32. The van der Waals surface area contributed by atoms with E-state index in [1.54, 1.807) is 17.7 Å². The molecular formula is C26H44N2O4Si2. The molecule has 1 N–H and O–H groups in total. The van der Waals surface area contributed by atoms with Gasteiger partial charge in [0, 0.05) is 28.0 Å². The summed E-state index contributed by atoms with van der Waals surface area (Å²) in [5, 5.41) is 15.7. The standard InChI is InChI=1S/C26H44N2O4Si2/c1-20(29)23-17-22(27-28(23)19-31-15-16-33(5,6)7)25(32-34(8,9)26(2,3)4)18-24(30)21-13-11-10-12-14-21/h10-14,17,24-25,30H,15-16,18-19H2,1-9H3. The number of nitrogens with zero attached hydrogens (tertiary/aromatic N) is 2. The monoisotopic (exact) mass is 504 g/mol. The Hall–Kier alpha value is -1.59. The van der Waals surface area contributed by atoms with Gasteiger partial charge in [-0.2, -0.15) is 5.10 Å². The lowest BCUT2D eigenvalue weighted by Gasteiger charge is -2.39. The SMILES string of the molecule is CC(=O)c1cc(C(CC(O)c2ccccc2)O[Si](C)(C)C(C)(C)C)nn1COCC[Si](C)(C)C. The fourth-order valence-electron chi connectivity index (χ4n) is 3.28. The molecule has 0 saturated carbocycles. The van der Waals surface area contributed by atoms with Gasteiger partial charge in [0.05, 0.1) is 17.9 Å². The van der Waals surface area contributed by atoms with E-state index >= 15 is 0 Å². The Morgan fingerprint density at radius 2 is 1.74 bits per heavy atom. The van der Waals surface area contributed by atoms with E-state index in [2.05, 4.69) is 53.5 Å². The molecule has 0 bridgehead atoms. The lowest BCUT2D eigenvalue weighted by molar-refractivity contribution is 0.0685. The summed E-state index contributed by atoms with van der Waals surface area (Å²) in [6.07, 6.45) is -0.770. The second-order valence-electron chi connectivity index (χ2n) is 11.9. The molecule has 1 aromatic carbocycles. The summed E-state index contributed by atoms with van der Waals surface area (Å²) in [7, 11) is -3.38. The third-order valence-electron chi connectivity index (χ3n) is 6.56. The summed E-state index contributed by atoms with van der Waals surface area (Å²) < 4.78 is 14.3. The quantitative estimate of drug-likeness (QED) is 0.201. The number of Topliss-reactive ketones (excluding diaryl/α,β-unsaturated/α-hetero) is 1. The van der Waals surface area contributed by atoms with E-state index in [9.17, 15) is 9.90 Å². The summed E-state index contributed by atoms with van der Waals surface area (Å²) >= 11 is 0. The van der Waals surface area contributed by atoms with Gasteiger partial charge in [0.2, 0.25) is 0 Å². The van der Waals surface area contributed by atoms with Crippen molar-refractivity contribution in [3.8, 4) is 0 Å². The third kappa shape index (κ3) is 8.27. The van der Waals surface area contributed by atoms with Crippen LogP contribution in [0, 0.1) is 0 Å². The van der Waals surface area contributed by atoms with Crippen molar-refractivity contribution in [1.29, 1.82) is 0 Å². The molecule has 0 spiro atoms. The van der Waals surface area contributed by atoms with Crippen molar-refractivity contribution in [2.75, 3.05) is 6.61 Å². The van der Waals surface area contributed by atoms with E-state index in [4.69, 9.17) is 14.3 Å². The number of carbonyl (C=O) groups excluding carboxylic acids is 1. The summed E-state index contributed by atoms with van der Waals surface area (Å²) in [6, 6.07) is 12.5. The molecule has 0 aliphatic carbocycles. The van der Waals surface area contributed by atoms with Gasteiger partial charge in [-0.25, -0.2) is 4.68 Å². The van der Waals surface area contributed by atoms with Gasteiger partial charge < -0.3 is 14.3 Å². The largest absolute Gasteiger partial charge is 0.408 e. The lowest BCUT2D eigenvalue weighted by atomic mass is 10.0. The number of carbonyl (C=O) groups is 1. The van der Waals surface area contributed by atoms with Crippen LogP contribution in [0.5, 0.6) is 0 Å². The van der Waals surface area contributed by atoms with E-state index in [1.165, 1.54) is 0 Å². The number of ketones is 1. The highest BCUT2D eigenvalue weighted by Gasteiger charge is 2.40. The number of aliphatic hydroxyl groups is 1. The first kappa shape index (κ1) is 28.6. The van der Waals surface area contributed by atoms with Gasteiger partial charge in [0.15, 0.2) is 14.1 Å². The Balaban J connectivity index is 2.33. The maximum absolute atomic E-state index is 12.4. The van der Waals surface area contributed by atoms with Crippen LogP contribution in [0.2, 0.25) is 43.8 Å². The minimum Gasteiger partial charge on any atom is -0.408 e. The normalized spacial score (nSPS) is 14.8. The minimum absolute atomic E-state index is 0.00508. The van der Waals surface area contributed by atoms with Crippen LogP contribution in [0.25, 0.3) is 0 Å². The van der Waals surface area contributed by atoms with E-state index in [-0.39, 0.29) is 17.6 Å². The molecule has 190 valence electrons. The molecule has 0 saturated heterocycles. The summed E-state index contributed by atoms with van der Waals surface area (Å²) in [4.78, 5) is 12.4. The third-order valence-corrected chi connectivity index (χ3v) is 12.8. The summed E-state index contributed by atoms with van der Waals surface area (Å²) in [5.41, 5.74) is 2.01. The topological polar surface area (TPSA) is 73.6 Å². The molecule has 34 heavy (non-hydrogen) atoms. The Labute approximate surface area is 207 Å². The molecule has 1 aromatic heterocycles. The summed E-state index contributed by atoms with van der Waals surface area (Å²) in [5.74, 6) is -0.0674. The van der Waals surface area contributed by atoms with Crippen molar-refractivity contribution >= 4 is 22.2 Å². The molecule has 0 fully saturated rings. The van der Waals surface area contributed by atoms with Crippen molar-refractivity contribution in [2.45, 2.75) is 96.9 Å². The highest BCUT2D eigenvalue weighted by molar-refractivity contribution is 6.76. The Bertz CT molecular complexity index is 931. The smallest absolute Gasteiger partial charge is 0.192 e. The van der Waals surface area contributed by atoms with Crippen LogP contribution in [-0.2, 0) is 15.9 Å². The van der Waals surface area contributed by atoms with Gasteiger partial charge in [-0.3, -0.25) is 4.79 Å². The number of ether oxygens (including phenoxy) is 1. The van der Waals surface area contributed by atoms with Crippen LogP contribution in [0.4, 0.5) is 0 Å². The van der Waals surface area contributed by atoms with Crippen LogP contribution >= 0.6 is 0 Å². The second-order valence-corrected chi connectivity index (χ2v) is 22.3. The Morgan fingerprint density at radius 3 is 2.26 bits per heavy atom. The molecule has 0 aliphatic heterocycles. The van der Waals surface area contributed by atoms with Gasteiger partial charge in [-0.1, -0.05) is 70.7 Å². The van der Waals surface area contributed by atoms with E-state index in [0.29, 0.717) is 24.4 Å². The molecule has 0 aliphatic rings. The number of benzene rings is 1.